The van der Waals surface area contributed by atoms with Crippen LogP contribution in [0, 0.1) is 20.8 Å². The predicted molar refractivity (Wildman–Crippen MR) is 109 cm³/mol. The fourth-order valence-corrected chi connectivity index (χ4v) is 2.79. The minimum Gasteiger partial charge on any atom is -0.306 e. The number of aromatic amines is 1. The molecule has 2 N–H and O–H groups in total. The Bertz CT molecular complexity index is 1090. The Labute approximate surface area is 163 Å². The van der Waals surface area contributed by atoms with Crippen LogP contribution in [0.15, 0.2) is 35.1 Å². The van der Waals surface area contributed by atoms with Crippen molar-refractivity contribution >= 4 is 11.7 Å². The Hall–Kier alpha value is -3.22. The zero-order valence-corrected chi connectivity index (χ0v) is 17.0. The largest absolute Gasteiger partial charge is 0.306 e. The monoisotopic (exact) mass is 379 g/mol. The molecule has 7 heteroatoms. The lowest BCUT2D eigenvalue weighted by molar-refractivity contribution is 0.102. The molecule has 0 aliphatic heterocycles. The lowest BCUT2D eigenvalue weighted by Gasteiger charge is -2.19. The molecule has 0 saturated carbocycles. The average molecular weight is 379 g/mol. The highest BCUT2D eigenvalue weighted by molar-refractivity contribution is 6.04. The molecule has 0 aliphatic rings. The highest BCUT2D eigenvalue weighted by Crippen LogP contribution is 2.23. The minimum atomic E-state index is -0.257. The molecule has 0 saturated heterocycles. The van der Waals surface area contributed by atoms with Crippen molar-refractivity contribution in [3.05, 3.63) is 68.8 Å². The molecule has 146 valence electrons. The number of hydrogen-bond acceptors (Lipinski definition) is 4. The molecule has 0 aliphatic carbocycles. The summed E-state index contributed by atoms with van der Waals surface area (Å²) in [5.74, 6) is 0.446. The number of aromatic nitrogens is 4. The normalized spacial score (nSPS) is 11.5. The zero-order chi connectivity index (χ0) is 20.6. The van der Waals surface area contributed by atoms with E-state index in [4.69, 9.17) is 0 Å². The van der Waals surface area contributed by atoms with Gasteiger partial charge in [0.25, 0.3) is 11.5 Å². The highest BCUT2D eigenvalue weighted by atomic mass is 16.1. The molecule has 3 aromatic rings. The third-order valence-electron chi connectivity index (χ3n) is 4.67. The molecule has 0 bridgehead atoms. The van der Waals surface area contributed by atoms with Crippen molar-refractivity contribution in [2.75, 3.05) is 5.32 Å². The molecule has 28 heavy (non-hydrogen) atoms. The van der Waals surface area contributed by atoms with Crippen molar-refractivity contribution in [1.29, 1.82) is 0 Å². The van der Waals surface area contributed by atoms with E-state index in [1.807, 2.05) is 19.1 Å². The third-order valence-corrected chi connectivity index (χ3v) is 4.67. The minimum absolute atomic E-state index is 0.0194. The van der Waals surface area contributed by atoms with Gasteiger partial charge in [0, 0.05) is 22.9 Å². The Morgan fingerprint density at radius 3 is 2.32 bits per heavy atom. The number of rotatable bonds is 3. The van der Waals surface area contributed by atoms with Crippen molar-refractivity contribution in [2.24, 2.45) is 0 Å². The van der Waals surface area contributed by atoms with Gasteiger partial charge in [-0.3, -0.25) is 14.6 Å². The van der Waals surface area contributed by atoms with Gasteiger partial charge in [-0.05, 0) is 43.9 Å². The van der Waals surface area contributed by atoms with Gasteiger partial charge in [-0.1, -0.05) is 32.9 Å². The van der Waals surface area contributed by atoms with E-state index in [-0.39, 0.29) is 22.8 Å². The van der Waals surface area contributed by atoms with E-state index in [9.17, 15) is 9.59 Å². The number of anilines is 1. The van der Waals surface area contributed by atoms with Crippen LogP contribution >= 0.6 is 0 Å². The first-order valence-corrected chi connectivity index (χ1v) is 9.12. The summed E-state index contributed by atoms with van der Waals surface area (Å²) >= 11 is 0. The van der Waals surface area contributed by atoms with Gasteiger partial charge in [0.2, 0.25) is 5.95 Å². The van der Waals surface area contributed by atoms with Crippen LogP contribution in [0.1, 0.15) is 53.6 Å². The number of hydrogen-bond donors (Lipinski definition) is 2. The fraction of sp³-hybridized carbons (Fsp3) is 0.333. The number of amides is 1. The summed E-state index contributed by atoms with van der Waals surface area (Å²) in [5.41, 5.74) is 3.34. The maximum atomic E-state index is 12.7. The van der Waals surface area contributed by atoms with Crippen molar-refractivity contribution in [3.8, 4) is 5.95 Å². The average Bonchev–Trinajstić information content (AvgIpc) is 2.98. The summed E-state index contributed by atoms with van der Waals surface area (Å²) in [6.45, 7) is 11.7. The van der Waals surface area contributed by atoms with E-state index in [0.717, 1.165) is 5.56 Å². The van der Waals surface area contributed by atoms with Gasteiger partial charge in [0.15, 0.2) is 0 Å². The molecular weight excluding hydrogens is 354 g/mol. The standard InChI is InChI=1S/C21H25N5O2/c1-12-11-17(26(25-12)20-22-14(3)13(2)18(27)24-20)23-19(28)15-7-9-16(10-8-15)21(4,5)6/h7-11H,1-6H3,(H,23,28)(H,22,24,27). The number of benzene rings is 1. The molecule has 0 fully saturated rings. The molecule has 3 rings (SSSR count). The van der Waals surface area contributed by atoms with Gasteiger partial charge in [0.1, 0.15) is 5.82 Å². The van der Waals surface area contributed by atoms with Crippen LogP contribution in [-0.2, 0) is 5.41 Å². The summed E-state index contributed by atoms with van der Waals surface area (Å²) in [7, 11) is 0. The number of H-pyrrole nitrogens is 1. The summed E-state index contributed by atoms with van der Waals surface area (Å²) < 4.78 is 1.44. The third kappa shape index (κ3) is 3.88. The molecule has 2 aromatic heterocycles. The molecule has 0 spiro atoms. The summed E-state index contributed by atoms with van der Waals surface area (Å²) in [4.78, 5) is 31.9. The highest BCUT2D eigenvalue weighted by Gasteiger charge is 2.17. The molecule has 1 amide bonds. The van der Waals surface area contributed by atoms with E-state index in [1.54, 1.807) is 32.0 Å². The van der Waals surface area contributed by atoms with Crippen molar-refractivity contribution in [3.63, 3.8) is 0 Å². The molecule has 7 nitrogen and oxygen atoms in total. The van der Waals surface area contributed by atoms with E-state index in [0.29, 0.717) is 28.3 Å². The Kier molecular flexibility index (Phi) is 4.93. The number of nitrogens with one attached hydrogen (secondary N) is 2. The Balaban J connectivity index is 1.92. The van der Waals surface area contributed by atoms with Crippen LogP contribution in [0.3, 0.4) is 0 Å². The van der Waals surface area contributed by atoms with Gasteiger partial charge in [0.05, 0.1) is 5.69 Å². The van der Waals surface area contributed by atoms with Gasteiger partial charge in [-0.15, -0.1) is 0 Å². The van der Waals surface area contributed by atoms with Gasteiger partial charge in [-0.25, -0.2) is 4.98 Å². The van der Waals surface area contributed by atoms with Crippen molar-refractivity contribution in [1.82, 2.24) is 19.7 Å². The Morgan fingerprint density at radius 1 is 1.11 bits per heavy atom. The van der Waals surface area contributed by atoms with Crippen LogP contribution in [0.25, 0.3) is 5.95 Å². The van der Waals surface area contributed by atoms with E-state index in [2.05, 4.69) is 41.2 Å². The molecule has 0 atom stereocenters. The number of carbonyl (C=O) groups excluding carboxylic acids is 1. The SMILES string of the molecule is Cc1cc(NC(=O)c2ccc(C(C)(C)C)cc2)n(-c2nc(C)c(C)c(=O)[nH]2)n1. The van der Waals surface area contributed by atoms with Crippen LogP contribution in [0.4, 0.5) is 5.82 Å². The second-order valence-electron chi connectivity index (χ2n) is 7.96. The lowest BCUT2D eigenvalue weighted by atomic mass is 9.87. The second-order valence-corrected chi connectivity index (χ2v) is 7.96. The van der Waals surface area contributed by atoms with Crippen molar-refractivity contribution < 1.29 is 4.79 Å². The first-order valence-electron chi connectivity index (χ1n) is 9.12. The van der Waals surface area contributed by atoms with Crippen LogP contribution in [-0.4, -0.2) is 25.7 Å². The predicted octanol–water partition coefficient (Wildman–Crippen LogP) is 3.43. The summed E-state index contributed by atoms with van der Waals surface area (Å²) in [6.07, 6.45) is 0. The van der Waals surface area contributed by atoms with Gasteiger partial charge < -0.3 is 5.32 Å². The smallest absolute Gasteiger partial charge is 0.256 e. The molecule has 1 aromatic carbocycles. The molecule has 0 radical (unpaired) electrons. The first-order chi connectivity index (χ1) is 13.1. The van der Waals surface area contributed by atoms with Gasteiger partial charge >= 0.3 is 0 Å². The van der Waals surface area contributed by atoms with Crippen LogP contribution < -0.4 is 10.9 Å². The molecular formula is C21H25N5O2. The van der Waals surface area contributed by atoms with E-state index in [1.165, 1.54) is 4.68 Å². The lowest BCUT2D eigenvalue weighted by Crippen LogP contribution is -2.21. The number of nitrogens with zero attached hydrogens (tertiary/aromatic N) is 3. The van der Waals surface area contributed by atoms with Gasteiger partial charge in [-0.2, -0.15) is 9.78 Å². The molecule has 2 heterocycles. The maximum Gasteiger partial charge on any atom is 0.256 e. The maximum absolute atomic E-state index is 12.7. The van der Waals surface area contributed by atoms with Crippen molar-refractivity contribution in [2.45, 2.75) is 47.0 Å². The Morgan fingerprint density at radius 2 is 1.75 bits per heavy atom. The number of carbonyl (C=O) groups is 1. The fourth-order valence-electron chi connectivity index (χ4n) is 2.79. The van der Waals surface area contributed by atoms with Crippen LogP contribution in [0.2, 0.25) is 0 Å². The van der Waals surface area contributed by atoms with E-state index >= 15 is 0 Å². The summed E-state index contributed by atoms with van der Waals surface area (Å²) in [5, 5.41) is 7.21. The molecule has 0 unspecified atom stereocenters. The zero-order valence-electron chi connectivity index (χ0n) is 17.0. The van der Waals surface area contributed by atoms with E-state index < -0.39 is 0 Å². The topological polar surface area (TPSA) is 92.7 Å². The second kappa shape index (κ2) is 7.07. The summed E-state index contributed by atoms with van der Waals surface area (Å²) in [6, 6.07) is 9.26. The quantitative estimate of drug-likeness (QED) is 0.729. The first kappa shape index (κ1) is 19.5. The van der Waals surface area contributed by atoms with Crippen LogP contribution in [0.5, 0.6) is 0 Å². The number of aryl methyl sites for hydroxylation is 2.